The van der Waals surface area contributed by atoms with Crippen molar-refractivity contribution in [2.24, 2.45) is 10.1 Å². The van der Waals surface area contributed by atoms with E-state index in [-0.39, 0.29) is 11.4 Å². The van der Waals surface area contributed by atoms with E-state index in [0.29, 0.717) is 10.2 Å². The lowest BCUT2D eigenvalue weighted by Gasteiger charge is -2.20. The van der Waals surface area contributed by atoms with Crippen LogP contribution in [-0.2, 0) is 4.79 Å². The number of benzene rings is 1. The molecule has 2 aliphatic heterocycles. The number of amidine groups is 2. The molecule has 0 fully saturated rings. The van der Waals surface area contributed by atoms with Crippen molar-refractivity contribution in [2.75, 3.05) is 0 Å². The summed E-state index contributed by atoms with van der Waals surface area (Å²) in [6.07, 6.45) is 5.13. The average Bonchev–Trinajstić information content (AvgIpc) is 3.32. The lowest BCUT2D eigenvalue weighted by Crippen LogP contribution is -2.35. The third kappa shape index (κ3) is 3.38. The molecule has 0 aliphatic carbocycles. The monoisotopic (exact) mass is 440 g/mol. The number of hydrogen-bond donors (Lipinski definition) is 1. The van der Waals surface area contributed by atoms with Gasteiger partial charge in [0.2, 0.25) is 5.17 Å². The summed E-state index contributed by atoms with van der Waals surface area (Å²) in [5, 5.41) is 15.6. The Morgan fingerprint density at radius 1 is 1.09 bits per heavy atom. The lowest BCUT2D eigenvalue weighted by molar-refractivity contribution is -0.114. The average molecular weight is 441 g/mol. The number of aromatic nitrogens is 2. The Morgan fingerprint density at radius 2 is 1.94 bits per heavy atom. The molecule has 2 aliphatic rings. The Balaban J connectivity index is 1.52. The van der Waals surface area contributed by atoms with Gasteiger partial charge in [-0.15, -0.1) is 0 Å². The normalized spacial score (nSPS) is 17.0. The highest BCUT2D eigenvalue weighted by molar-refractivity contribution is 8.27. The molecule has 0 spiro atoms. The van der Waals surface area contributed by atoms with Crippen LogP contribution in [0.5, 0.6) is 0 Å². The number of carbonyl (C=O) groups is 1. The van der Waals surface area contributed by atoms with E-state index < -0.39 is 5.91 Å². The molecule has 0 saturated heterocycles. The van der Waals surface area contributed by atoms with Crippen molar-refractivity contribution in [1.82, 2.24) is 14.6 Å². The fourth-order valence-corrected chi connectivity index (χ4v) is 4.73. The standard InChI is InChI=1S/C24H20N6OS/c1-14-6-4-8-19(10-14)29-15(2)11-18(16(29)3)12-20-21(25)30-24(27-22(20)31)32-23(28-30)17-7-5-9-26-13-17/h4-13,25H,1-3H3/b20-12-,25-21?. The number of nitrogens with one attached hydrogen (secondary N) is 1. The molecule has 0 unspecified atom stereocenters. The molecule has 0 radical (unpaired) electrons. The van der Waals surface area contributed by atoms with Crippen LogP contribution in [0.3, 0.4) is 0 Å². The molecule has 7 nitrogen and oxygen atoms in total. The van der Waals surface area contributed by atoms with E-state index in [1.807, 2.05) is 38.1 Å². The van der Waals surface area contributed by atoms with E-state index in [0.717, 1.165) is 28.2 Å². The van der Waals surface area contributed by atoms with E-state index in [1.165, 1.54) is 22.3 Å². The van der Waals surface area contributed by atoms with Crippen LogP contribution >= 0.6 is 11.8 Å². The topological polar surface area (TPSA) is 86.7 Å². The smallest absolute Gasteiger partial charge is 0.283 e. The third-order valence-electron chi connectivity index (χ3n) is 5.39. The van der Waals surface area contributed by atoms with E-state index >= 15 is 0 Å². The Hall–Kier alpha value is -3.78. The molecule has 4 heterocycles. The molecule has 158 valence electrons. The molecular formula is C24H20N6OS. The summed E-state index contributed by atoms with van der Waals surface area (Å²) in [5.74, 6) is -0.413. The van der Waals surface area contributed by atoms with Gasteiger partial charge in [-0.3, -0.25) is 15.2 Å². The van der Waals surface area contributed by atoms with Crippen LogP contribution in [0.25, 0.3) is 11.8 Å². The quantitative estimate of drug-likeness (QED) is 0.609. The van der Waals surface area contributed by atoms with Crippen LogP contribution in [0.1, 0.15) is 28.1 Å². The summed E-state index contributed by atoms with van der Waals surface area (Å²) in [7, 11) is 0. The van der Waals surface area contributed by atoms with Crippen molar-refractivity contribution in [3.63, 3.8) is 0 Å². The zero-order valence-corrected chi connectivity index (χ0v) is 18.6. The summed E-state index contributed by atoms with van der Waals surface area (Å²) < 4.78 is 2.15. The van der Waals surface area contributed by atoms with Gasteiger partial charge in [0.15, 0.2) is 5.84 Å². The molecule has 1 amide bonds. The fourth-order valence-electron chi connectivity index (χ4n) is 3.85. The van der Waals surface area contributed by atoms with Gasteiger partial charge in [-0.05, 0) is 80.1 Å². The van der Waals surface area contributed by atoms with Crippen molar-refractivity contribution in [1.29, 1.82) is 5.41 Å². The number of rotatable bonds is 3. The van der Waals surface area contributed by atoms with E-state index in [1.54, 1.807) is 18.5 Å². The Labute approximate surface area is 189 Å². The van der Waals surface area contributed by atoms with Gasteiger partial charge in [0.25, 0.3) is 5.91 Å². The number of aryl methyl sites for hydroxylation is 2. The largest absolute Gasteiger partial charge is 0.318 e. The summed E-state index contributed by atoms with van der Waals surface area (Å²) in [4.78, 5) is 21.1. The summed E-state index contributed by atoms with van der Waals surface area (Å²) in [6.45, 7) is 6.10. The minimum Gasteiger partial charge on any atom is -0.318 e. The molecule has 2 aromatic heterocycles. The van der Waals surface area contributed by atoms with Gasteiger partial charge >= 0.3 is 0 Å². The van der Waals surface area contributed by atoms with Crippen LogP contribution < -0.4 is 0 Å². The Bertz CT molecular complexity index is 1370. The van der Waals surface area contributed by atoms with E-state index in [4.69, 9.17) is 5.41 Å². The Morgan fingerprint density at radius 3 is 2.69 bits per heavy atom. The van der Waals surface area contributed by atoms with Gasteiger partial charge in [-0.1, -0.05) is 12.1 Å². The molecule has 0 atom stereocenters. The number of pyridine rings is 1. The first-order valence-corrected chi connectivity index (χ1v) is 10.9. The van der Waals surface area contributed by atoms with Gasteiger partial charge in [-0.25, -0.2) is 0 Å². The predicted molar refractivity (Wildman–Crippen MR) is 128 cm³/mol. The van der Waals surface area contributed by atoms with Crippen molar-refractivity contribution >= 4 is 39.8 Å². The number of aliphatic imine (C=N–C) groups is 1. The van der Waals surface area contributed by atoms with Gasteiger partial charge in [0, 0.05) is 35.0 Å². The third-order valence-corrected chi connectivity index (χ3v) is 6.35. The second-order valence-electron chi connectivity index (χ2n) is 7.67. The molecule has 0 saturated carbocycles. The summed E-state index contributed by atoms with van der Waals surface area (Å²) in [6, 6.07) is 14.0. The zero-order valence-electron chi connectivity index (χ0n) is 17.8. The van der Waals surface area contributed by atoms with Crippen LogP contribution in [0.4, 0.5) is 0 Å². The van der Waals surface area contributed by atoms with E-state index in [2.05, 4.69) is 44.8 Å². The maximum atomic E-state index is 12.8. The van der Waals surface area contributed by atoms with E-state index in [9.17, 15) is 4.79 Å². The highest BCUT2D eigenvalue weighted by atomic mass is 32.2. The van der Waals surface area contributed by atoms with Crippen molar-refractivity contribution in [3.05, 3.63) is 88.5 Å². The van der Waals surface area contributed by atoms with Crippen molar-refractivity contribution in [3.8, 4) is 5.69 Å². The zero-order chi connectivity index (χ0) is 22.4. The van der Waals surface area contributed by atoms with Gasteiger partial charge in [0.05, 0.1) is 5.57 Å². The molecule has 3 aromatic rings. The summed E-state index contributed by atoms with van der Waals surface area (Å²) >= 11 is 1.26. The molecule has 5 rings (SSSR count). The number of hydrazone groups is 1. The number of hydrogen-bond acceptors (Lipinski definition) is 5. The number of fused-ring (bicyclic) bond motifs is 1. The SMILES string of the molecule is Cc1cccc(-n2c(C)cc(/C=C3/C(=N)N4N=C(c5cccnc5)SC4=NC3=O)c2C)c1. The van der Waals surface area contributed by atoms with Gasteiger partial charge in [0.1, 0.15) is 5.04 Å². The first-order valence-electron chi connectivity index (χ1n) is 10.1. The molecule has 8 heteroatoms. The minimum absolute atomic E-state index is 0.0201. The molecule has 32 heavy (non-hydrogen) atoms. The van der Waals surface area contributed by atoms with Gasteiger partial charge in [-0.2, -0.15) is 15.1 Å². The first-order chi connectivity index (χ1) is 15.4. The van der Waals surface area contributed by atoms with Gasteiger partial charge < -0.3 is 4.57 Å². The molecule has 0 bridgehead atoms. The highest BCUT2D eigenvalue weighted by Crippen LogP contribution is 2.31. The number of carbonyl (C=O) groups excluding carboxylic acids is 1. The van der Waals surface area contributed by atoms with Crippen molar-refractivity contribution in [2.45, 2.75) is 20.8 Å². The number of thioether (sulfide) groups is 1. The number of nitrogens with zero attached hydrogens (tertiary/aromatic N) is 5. The first kappa shape index (κ1) is 20.1. The van der Waals surface area contributed by atoms with Crippen LogP contribution in [0.15, 0.2) is 70.5 Å². The van der Waals surface area contributed by atoms with Crippen LogP contribution in [0, 0.1) is 26.2 Å². The Kier molecular flexibility index (Phi) is 4.86. The minimum atomic E-state index is -0.434. The second kappa shape index (κ2) is 7.72. The van der Waals surface area contributed by atoms with Crippen molar-refractivity contribution < 1.29 is 4.79 Å². The van der Waals surface area contributed by atoms with Crippen LogP contribution in [-0.4, -0.2) is 36.5 Å². The van der Waals surface area contributed by atoms with Crippen LogP contribution in [0.2, 0.25) is 0 Å². The highest BCUT2D eigenvalue weighted by Gasteiger charge is 2.36. The molecule has 1 N–H and O–H groups in total. The molecular weight excluding hydrogens is 420 g/mol. The predicted octanol–water partition coefficient (Wildman–Crippen LogP) is 4.47. The maximum absolute atomic E-state index is 12.8. The fraction of sp³-hybridized carbons (Fsp3) is 0.125. The second-order valence-corrected chi connectivity index (χ2v) is 8.62. The lowest BCUT2D eigenvalue weighted by atomic mass is 10.1. The number of amides is 1. The molecule has 1 aromatic carbocycles. The summed E-state index contributed by atoms with van der Waals surface area (Å²) in [5.41, 5.74) is 6.20. The maximum Gasteiger partial charge on any atom is 0.283 e.